The van der Waals surface area contributed by atoms with Crippen molar-refractivity contribution >= 4 is 54.8 Å². The maximum Gasteiger partial charge on any atom is 0.216 e. The smallest absolute Gasteiger partial charge is 0.216 e. The van der Waals surface area contributed by atoms with Crippen LogP contribution in [0.5, 0.6) is 0 Å². The van der Waals surface area contributed by atoms with Gasteiger partial charge in [-0.3, -0.25) is 4.98 Å². The van der Waals surface area contributed by atoms with Gasteiger partial charge in [-0.05, 0) is 105 Å². The van der Waals surface area contributed by atoms with E-state index in [2.05, 4.69) is 149 Å². The Bertz CT molecular complexity index is 3630. The van der Waals surface area contributed by atoms with Crippen molar-refractivity contribution in [3.05, 3.63) is 192 Å². The Kier molecular flexibility index (Phi) is 11.1. The fourth-order valence-electron chi connectivity index (χ4n) is 8.91. The van der Waals surface area contributed by atoms with E-state index in [1.165, 1.54) is 27.8 Å². The summed E-state index contributed by atoms with van der Waals surface area (Å²) in [5.41, 5.74) is 14.3. The Morgan fingerprint density at radius 1 is 0.652 bits per heavy atom. The third kappa shape index (κ3) is 8.25. The van der Waals surface area contributed by atoms with Crippen molar-refractivity contribution in [2.45, 2.75) is 72.6 Å². The molecule has 0 unspecified atom stereocenters. The van der Waals surface area contributed by atoms with Crippen molar-refractivity contribution in [1.82, 2.24) is 19.5 Å². The molecule has 0 N–H and O–H groups in total. The van der Waals surface area contributed by atoms with Gasteiger partial charge in [0.2, 0.25) is 5.71 Å². The van der Waals surface area contributed by atoms with E-state index in [-0.39, 0.29) is 42.9 Å². The summed E-state index contributed by atoms with van der Waals surface area (Å²) < 4.78 is 33.0. The molecule has 0 atom stereocenters. The first-order valence-electron chi connectivity index (χ1n) is 23.9. The van der Waals surface area contributed by atoms with Gasteiger partial charge in [-0.15, -0.1) is 54.1 Å². The zero-order valence-electron chi connectivity index (χ0n) is 41.2. The number of para-hydroxylation sites is 2. The molecule has 66 heavy (non-hydrogen) atoms. The number of fused-ring (bicyclic) bond motifs is 7. The zero-order chi connectivity index (χ0) is 47.5. The van der Waals surface area contributed by atoms with Crippen LogP contribution in [0, 0.1) is 19.0 Å². The second-order valence-corrected chi connectivity index (χ2v) is 18.5. The summed E-state index contributed by atoms with van der Waals surface area (Å²) in [4.78, 5) is 14.7. The van der Waals surface area contributed by atoms with E-state index in [9.17, 15) is 0 Å². The monoisotopic (exact) mass is 1040 g/mol. The predicted octanol–water partition coefficient (Wildman–Crippen LogP) is 16.2. The molecule has 0 saturated heterocycles. The second kappa shape index (κ2) is 17.9. The number of benzene rings is 7. The van der Waals surface area contributed by atoms with Crippen molar-refractivity contribution in [2.24, 2.45) is 0 Å². The maximum absolute atomic E-state index is 7.99. The first-order valence-corrected chi connectivity index (χ1v) is 22.4. The average Bonchev–Trinajstić information content (AvgIpc) is 3.91. The van der Waals surface area contributed by atoms with Gasteiger partial charge < -0.3 is 14.0 Å². The van der Waals surface area contributed by atoms with E-state index in [1.807, 2.05) is 66.9 Å². The molecule has 0 aliphatic rings. The Balaban J connectivity index is 0.000000296. The quantitative estimate of drug-likeness (QED) is 0.123. The molecule has 0 amide bonds. The van der Waals surface area contributed by atoms with Crippen LogP contribution in [-0.4, -0.2) is 19.5 Å². The van der Waals surface area contributed by atoms with Crippen molar-refractivity contribution in [3.63, 3.8) is 0 Å². The Morgan fingerprint density at radius 3 is 2.11 bits per heavy atom. The molecule has 11 rings (SSSR count). The summed E-state index contributed by atoms with van der Waals surface area (Å²) in [6.45, 7) is 13.4. The molecule has 7 aromatic carbocycles. The van der Waals surface area contributed by atoms with E-state index in [1.54, 1.807) is 12.1 Å². The molecule has 11 aromatic rings. The van der Waals surface area contributed by atoms with E-state index >= 15 is 0 Å². The molecule has 0 fully saturated rings. The number of furan rings is 1. The van der Waals surface area contributed by atoms with Crippen LogP contribution in [0.15, 0.2) is 162 Å². The molecule has 5 nitrogen and oxygen atoms in total. The van der Waals surface area contributed by atoms with Gasteiger partial charge in [0.25, 0.3) is 0 Å². The largest absolute Gasteiger partial charge is 0.486 e. The fraction of sp³-hybridized carbons (Fsp3) is 0.183. The summed E-state index contributed by atoms with van der Waals surface area (Å²) in [6, 6.07) is 57.8. The molecule has 0 spiro atoms. The number of hydrogen-bond acceptors (Lipinski definition) is 4. The maximum atomic E-state index is 7.99. The molecule has 0 bridgehead atoms. The van der Waals surface area contributed by atoms with Gasteiger partial charge in [0.1, 0.15) is 0 Å². The van der Waals surface area contributed by atoms with Gasteiger partial charge >= 0.3 is 0 Å². The zero-order valence-corrected chi connectivity index (χ0v) is 40.6. The summed E-state index contributed by atoms with van der Waals surface area (Å²) in [5.74, 6) is 1.21. The summed E-state index contributed by atoms with van der Waals surface area (Å²) in [5, 5.41) is 4.41. The Morgan fingerprint density at radius 2 is 1.38 bits per heavy atom. The number of aryl methyl sites for hydroxylation is 1. The second-order valence-electron chi connectivity index (χ2n) is 18.5. The number of rotatable bonds is 6. The number of aromatic nitrogens is 4. The normalized spacial score (nSPS) is 12.7. The van der Waals surface area contributed by atoms with Crippen LogP contribution in [0.1, 0.15) is 86.7 Å². The minimum atomic E-state index is -2.22. The topological polar surface area (TPSA) is 56.7 Å². The average molecular weight is 1040 g/mol. The number of nitrogens with zero attached hydrogens (tertiary/aromatic N) is 4. The van der Waals surface area contributed by atoms with Crippen LogP contribution in [0.2, 0.25) is 0 Å². The van der Waals surface area contributed by atoms with Crippen LogP contribution in [0.25, 0.3) is 94.2 Å². The van der Waals surface area contributed by atoms with Crippen LogP contribution >= 0.6 is 0 Å². The van der Waals surface area contributed by atoms with Crippen molar-refractivity contribution < 1.29 is 28.6 Å². The van der Waals surface area contributed by atoms with Crippen LogP contribution in [-0.2, 0) is 25.5 Å². The molecule has 4 aromatic heterocycles. The minimum absolute atomic E-state index is 0. The van der Waals surface area contributed by atoms with Crippen molar-refractivity contribution in [2.75, 3.05) is 0 Å². The SMILES string of the molecule is CC(C)(C)c1ccnc(-c2[c-]cccc2)c1.[2H]C([2H])([2H])c1ccc2ccc3cc4c(nc3c2c1)oc1c(-c2nc3ccccc3n2-c2c(C(C)C)cc(-c3ccccc3)cc2C(C)C)[c-]ccc14.[Ir]. The Labute approximate surface area is 405 Å². The van der Waals surface area contributed by atoms with Gasteiger partial charge in [0.15, 0.2) is 0 Å². The predicted molar refractivity (Wildman–Crippen MR) is 271 cm³/mol. The number of imidazole rings is 1. The summed E-state index contributed by atoms with van der Waals surface area (Å²) in [7, 11) is 0. The van der Waals surface area contributed by atoms with Gasteiger partial charge in [0, 0.05) is 52.3 Å². The van der Waals surface area contributed by atoms with Crippen molar-refractivity contribution in [3.8, 4) is 39.5 Å². The molecule has 6 heteroatoms. The van der Waals surface area contributed by atoms with Crippen molar-refractivity contribution in [1.29, 1.82) is 0 Å². The van der Waals surface area contributed by atoms with Gasteiger partial charge in [-0.25, -0.2) is 4.98 Å². The summed E-state index contributed by atoms with van der Waals surface area (Å²) >= 11 is 0. The first kappa shape index (κ1) is 40.8. The van der Waals surface area contributed by atoms with E-state index < -0.39 is 6.85 Å². The fourth-order valence-corrected chi connectivity index (χ4v) is 8.91. The van der Waals surface area contributed by atoms with E-state index in [4.69, 9.17) is 18.5 Å². The van der Waals surface area contributed by atoms with Gasteiger partial charge in [-0.2, -0.15) is 0 Å². The third-order valence-corrected chi connectivity index (χ3v) is 12.3. The van der Waals surface area contributed by atoms with Crippen LogP contribution in [0.4, 0.5) is 0 Å². The molecule has 329 valence electrons. The molecule has 1 radical (unpaired) electrons. The first-order chi connectivity index (χ1) is 32.6. The van der Waals surface area contributed by atoms with Crippen LogP contribution in [0.3, 0.4) is 0 Å². The third-order valence-electron chi connectivity index (χ3n) is 12.3. The van der Waals surface area contributed by atoms with Gasteiger partial charge in [0.05, 0.1) is 28.0 Å². The van der Waals surface area contributed by atoms with E-state index in [0.717, 1.165) is 66.3 Å². The number of hydrogen-bond donors (Lipinski definition) is 0. The Hall–Kier alpha value is -6.72. The number of pyridine rings is 2. The standard InChI is InChI=1S/C45H36N3O.C15H16N.Ir/c1-26(2)35-24-32(29-12-7-6-8-13-29)25-36(27(3)4)42(35)48-40-17-10-9-16-39(40)46-44(48)34-15-11-14-33-38-23-31-21-20-30-19-18-28(5)22-37(30)41(31)47-45(38)49-43(33)34;1-15(2,3)13-9-10-16-14(11-13)12-7-5-4-6-8-12;/h6-14,16-27H,1-5H3;4-7,9-11H,1-3H3;/q2*-1;/i5D3;;. The minimum Gasteiger partial charge on any atom is -0.486 e. The summed E-state index contributed by atoms with van der Waals surface area (Å²) in [6.07, 6.45) is 1.87. The molecule has 0 aliphatic carbocycles. The molecule has 0 saturated carbocycles. The van der Waals surface area contributed by atoms with Crippen LogP contribution < -0.4 is 0 Å². The molecular formula is C60H52IrN4O-2. The van der Waals surface area contributed by atoms with Gasteiger partial charge in [-0.1, -0.05) is 138 Å². The molecular weight excluding hydrogens is 985 g/mol. The molecule has 0 aliphatic heterocycles. The van der Waals surface area contributed by atoms with E-state index in [0.29, 0.717) is 16.8 Å². The molecule has 4 heterocycles.